The van der Waals surface area contributed by atoms with Gasteiger partial charge >= 0.3 is 0 Å². The van der Waals surface area contributed by atoms with Gasteiger partial charge in [-0.05, 0) is 51.3 Å². The molecule has 1 heterocycles. The van der Waals surface area contributed by atoms with E-state index < -0.39 is 0 Å². The Morgan fingerprint density at radius 2 is 1.76 bits per heavy atom. The van der Waals surface area contributed by atoms with E-state index >= 15 is 0 Å². The minimum Gasteiger partial charge on any atom is -0.483 e. The Bertz CT molecular complexity index is 1060. The molecule has 6 nitrogen and oxygen atoms in total. The van der Waals surface area contributed by atoms with Crippen LogP contribution in [-0.2, 0) is 4.79 Å². The summed E-state index contributed by atoms with van der Waals surface area (Å²) in [6.07, 6.45) is 5.65. The van der Waals surface area contributed by atoms with Crippen molar-refractivity contribution >= 4 is 17.7 Å². The third-order valence-corrected chi connectivity index (χ3v) is 7.28. The average Bonchev–Trinajstić information content (AvgIpc) is 3.29. The average molecular weight is 479 g/mol. The van der Waals surface area contributed by atoms with Crippen LogP contribution in [0.3, 0.4) is 0 Å². The van der Waals surface area contributed by atoms with Crippen molar-refractivity contribution in [1.29, 1.82) is 0 Å². The van der Waals surface area contributed by atoms with Crippen molar-refractivity contribution in [3.05, 3.63) is 71.5 Å². The number of thioether (sulfide) groups is 1. The molecular weight excluding hydrogens is 444 g/mol. The van der Waals surface area contributed by atoms with E-state index in [0.29, 0.717) is 11.8 Å². The molecule has 3 aromatic rings. The highest BCUT2D eigenvalue weighted by Gasteiger charge is 2.27. The lowest BCUT2D eigenvalue weighted by Gasteiger charge is -2.27. The zero-order chi connectivity index (χ0) is 23.9. The van der Waals surface area contributed by atoms with E-state index in [1.165, 1.54) is 36.6 Å². The Morgan fingerprint density at radius 1 is 1.06 bits per heavy atom. The van der Waals surface area contributed by atoms with Gasteiger partial charge in [0.2, 0.25) is 5.91 Å². The molecule has 1 aromatic heterocycles. The van der Waals surface area contributed by atoms with Gasteiger partial charge in [-0.3, -0.25) is 9.36 Å². The maximum absolute atomic E-state index is 12.7. The van der Waals surface area contributed by atoms with Crippen molar-refractivity contribution in [1.82, 2.24) is 20.1 Å². The molecule has 2 unspecified atom stereocenters. The van der Waals surface area contributed by atoms with Gasteiger partial charge in [0, 0.05) is 6.04 Å². The summed E-state index contributed by atoms with van der Waals surface area (Å²) < 4.78 is 8.45. The van der Waals surface area contributed by atoms with E-state index in [4.69, 9.17) is 4.74 Å². The second-order valence-electron chi connectivity index (χ2n) is 9.06. The fourth-order valence-corrected chi connectivity index (χ4v) is 5.28. The highest BCUT2D eigenvalue weighted by Crippen LogP contribution is 2.35. The van der Waals surface area contributed by atoms with Crippen LogP contribution in [-0.4, -0.2) is 26.4 Å². The maximum Gasteiger partial charge on any atom is 0.230 e. The van der Waals surface area contributed by atoms with Gasteiger partial charge in [-0.2, -0.15) is 0 Å². The molecular formula is C27H34N4O2S. The summed E-state index contributed by atoms with van der Waals surface area (Å²) in [5, 5.41) is 12.9. The van der Waals surface area contributed by atoms with E-state index in [2.05, 4.69) is 27.0 Å². The number of rotatable bonds is 9. The van der Waals surface area contributed by atoms with Crippen LogP contribution in [0.15, 0.2) is 59.8 Å². The number of aryl methyl sites for hydroxylation is 1. The van der Waals surface area contributed by atoms with Gasteiger partial charge in [0.25, 0.3) is 0 Å². The number of carbonyl (C=O) groups excluding carboxylic acids is 1. The first-order valence-corrected chi connectivity index (χ1v) is 13.1. The summed E-state index contributed by atoms with van der Waals surface area (Å²) in [6, 6.07) is 18.4. The summed E-state index contributed by atoms with van der Waals surface area (Å²) in [5.74, 6) is 1.94. The van der Waals surface area contributed by atoms with Crippen LogP contribution in [0.4, 0.5) is 0 Å². The molecule has 0 bridgehead atoms. The molecule has 0 radical (unpaired) electrons. The van der Waals surface area contributed by atoms with Crippen molar-refractivity contribution in [2.45, 2.75) is 76.2 Å². The van der Waals surface area contributed by atoms with Crippen LogP contribution in [0.1, 0.15) is 81.1 Å². The zero-order valence-corrected chi connectivity index (χ0v) is 21.1. The second kappa shape index (κ2) is 11.6. The van der Waals surface area contributed by atoms with E-state index in [-0.39, 0.29) is 18.1 Å². The number of benzene rings is 2. The predicted octanol–water partition coefficient (Wildman–Crippen LogP) is 6.20. The Balaban J connectivity index is 1.46. The van der Waals surface area contributed by atoms with Crippen molar-refractivity contribution < 1.29 is 9.53 Å². The third kappa shape index (κ3) is 6.20. The Morgan fingerprint density at radius 3 is 2.47 bits per heavy atom. The maximum atomic E-state index is 12.7. The molecule has 1 aliphatic carbocycles. The minimum atomic E-state index is -0.238. The number of amides is 1. The minimum absolute atomic E-state index is 0.00921. The number of nitrogens with zero attached hydrogens (tertiary/aromatic N) is 3. The van der Waals surface area contributed by atoms with Gasteiger partial charge < -0.3 is 10.1 Å². The number of hydrogen-bond acceptors (Lipinski definition) is 5. The fourth-order valence-electron chi connectivity index (χ4n) is 4.46. The van der Waals surface area contributed by atoms with Gasteiger partial charge in [0.1, 0.15) is 5.75 Å². The molecule has 0 aliphatic heterocycles. The first-order chi connectivity index (χ1) is 16.5. The Kier molecular flexibility index (Phi) is 8.27. The zero-order valence-electron chi connectivity index (χ0n) is 20.2. The lowest BCUT2D eigenvalue weighted by Crippen LogP contribution is -2.28. The third-order valence-electron chi connectivity index (χ3n) is 6.34. The first-order valence-electron chi connectivity index (χ1n) is 12.2. The van der Waals surface area contributed by atoms with Crippen LogP contribution in [0.5, 0.6) is 5.75 Å². The molecule has 1 N–H and O–H groups in total. The largest absolute Gasteiger partial charge is 0.483 e. The summed E-state index contributed by atoms with van der Waals surface area (Å²) >= 11 is 1.45. The lowest BCUT2D eigenvalue weighted by atomic mass is 9.95. The van der Waals surface area contributed by atoms with Gasteiger partial charge in [0.05, 0.1) is 11.8 Å². The van der Waals surface area contributed by atoms with E-state index in [9.17, 15) is 4.79 Å². The quantitative estimate of drug-likeness (QED) is 0.371. The van der Waals surface area contributed by atoms with Crippen LogP contribution in [0, 0.1) is 6.92 Å². The molecule has 1 aliphatic rings. The van der Waals surface area contributed by atoms with Crippen molar-refractivity contribution in [2.75, 3.05) is 5.75 Å². The molecule has 7 heteroatoms. The molecule has 2 atom stereocenters. The summed E-state index contributed by atoms with van der Waals surface area (Å²) in [5.41, 5.74) is 2.29. The molecule has 0 saturated heterocycles. The van der Waals surface area contributed by atoms with Crippen LogP contribution in [0.2, 0.25) is 0 Å². The summed E-state index contributed by atoms with van der Waals surface area (Å²) in [7, 11) is 0. The first kappa shape index (κ1) is 24.3. The molecule has 1 fully saturated rings. The molecule has 34 heavy (non-hydrogen) atoms. The molecule has 0 spiro atoms. The van der Waals surface area contributed by atoms with Crippen LogP contribution >= 0.6 is 11.8 Å². The molecule has 180 valence electrons. The summed E-state index contributed by atoms with van der Waals surface area (Å²) in [4.78, 5) is 12.7. The van der Waals surface area contributed by atoms with E-state index in [0.717, 1.165) is 35.1 Å². The van der Waals surface area contributed by atoms with Gasteiger partial charge in [-0.15, -0.1) is 10.2 Å². The molecule has 4 rings (SSSR count). The predicted molar refractivity (Wildman–Crippen MR) is 136 cm³/mol. The number of ether oxygens (including phenoxy) is 1. The Labute approximate surface area is 206 Å². The van der Waals surface area contributed by atoms with Crippen molar-refractivity contribution in [3.63, 3.8) is 0 Å². The van der Waals surface area contributed by atoms with Gasteiger partial charge in [0.15, 0.2) is 17.1 Å². The smallest absolute Gasteiger partial charge is 0.230 e. The number of carbonyl (C=O) groups is 1. The van der Waals surface area contributed by atoms with Crippen LogP contribution < -0.4 is 10.1 Å². The van der Waals surface area contributed by atoms with E-state index in [1.54, 1.807) is 0 Å². The standard InChI is InChI=1S/C27H34N4O2S/c1-19-14-16-24(17-15-19)33-21(3)26-29-30-27(31(26)23-12-8-5-9-13-23)34-18-25(32)28-20(2)22-10-6-4-7-11-22/h4,6-7,10-11,14-17,20-21,23H,5,8-9,12-13,18H2,1-3H3,(H,28,32). The number of nitrogens with one attached hydrogen (secondary N) is 1. The molecule has 1 saturated carbocycles. The van der Waals surface area contributed by atoms with E-state index in [1.807, 2.05) is 68.4 Å². The second-order valence-corrected chi connectivity index (χ2v) is 10.0. The summed E-state index contributed by atoms with van der Waals surface area (Å²) in [6.45, 7) is 6.09. The number of aromatic nitrogens is 3. The highest BCUT2D eigenvalue weighted by molar-refractivity contribution is 7.99. The van der Waals surface area contributed by atoms with Crippen molar-refractivity contribution in [3.8, 4) is 5.75 Å². The lowest BCUT2D eigenvalue weighted by molar-refractivity contribution is -0.119. The van der Waals surface area contributed by atoms with Gasteiger partial charge in [-0.1, -0.05) is 79.1 Å². The molecule has 2 aromatic carbocycles. The Hall–Kier alpha value is -2.80. The van der Waals surface area contributed by atoms with Crippen molar-refractivity contribution in [2.24, 2.45) is 0 Å². The monoisotopic (exact) mass is 478 g/mol. The fraction of sp³-hybridized carbons (Fsp3) is 0.444. The van der Waals surface area contributed by atoms with Crippen LogP contribution in [0.25, 0.3) is 0 Å². The normalized spacial score (nSPS) is 16.1. The number of hydrogen-bond donors (Lipinski definition) is 1. The topological polar surface area (TPSA) is 69.0 Å². The van der Waals surface area contributed by atoms with Gasteiger partial charge in [-0.25, -0.2) is 0 Å². The highest BCUT2D eigenvalue weighted by atomic mass is 32.2. The molecule has 1 amide bonds. The SMILES string of the molecule is Cc1ccc(OC(C)c2nnc(SCC(=O)NC(C)c3ccccc3)n2C2CCCCC2)cc1.